The van der Waals surface area contributed by atoms with Gasteiger partial charge in [0.05, 0.1) is 0 Å². The van der Waals surface area contributed by atoms with Crippen LogP contribution < -0.4 is 5.73 Å². The summed E-state index contributed by atoms with van der Waals surface area (Å²) in [6, 6.07) is 0.570. The summed E-state index contributed by atoms with van der Waals surface area (Å²) >= 11 is 0. The maximum Gasteiger partial charge on any atom is 0.0268 e. The summed E-state index contributed by atoms with van der Waals surface area (Å²) in [4.78, 5) is 2.44. The predicted molar refractivity (Wildman–Crippen MR) is 67.0 cm³/mol. The molecule has 90 valence electrons. The highest BCUT2D eigenvalue weighted by atomic mass is 15.1. The lowest BCUT2D eigenvalue weighted by molar-refractivity contribution is 0.0908. The van der Waals surface area contributed by atoms with Gasteiger partial charge in [0.1, 0.15) is 0 Å². The van der Waals surface area contributed by atoms with Gasteiger partial charge in [-0.05, 0) is 31.8 Å². The monoisotopic (exact) mass is 212 g/mol. The molecule has 0 aromatic carbocycles. The molecular formula is C13H28N2. The van der Waals surface area contributed by atoms with Gasteiger partial charge in [0.15, 0.2) is 0 Å². The van der Waals surface area contributed by atoms with E-state index < -0.39 is 0 Å². The molecule has 1 unspecified atom stereocenters. The van der Waals surface area contributed by atoms with Crippen molar-refractivity contribution in [1.29, 1.82) is 0 Å². The molecule has 0 aromatic rings. The molecule has 0 aliphatic heterocycles. The van der Waals surface area contributed by atoms with Crippen molar-refractivity contribution in [1.82, 2.24) is 4.90 Å². The lowest BCUT2D eigenvalue weighted by atomic mass is 9.75. The van der Waals surface area contributed by atoms with Crippen LogP contribution in [-0.4, -0.2) is 31.1 Å². The number of hydrogen-bond donors (Lipinski definition) is 1. The van der Waals surface area contributed by atoms with Crippen LogP contribution in [0, 0.1) is 5.41 Å². The summed E-state index contributed by atoms with van der Waals surface area (Å²) in [5, 5.41) is 0. The Morgan fingerprint density at radius 1 is 1.20 bits per heavy atom. The Bertz CT molecular complexity index is 171. The molecule has 1 atom stereocenters. The highest BCUT2D eigenvalue weighted by Crippen LogP contribution is 2.39. The number of nitrogens with two attached hydrogens (primary N) is 1. The molecule has 0 spiro atoms. The topological polar surface area (TPSA) is 29.3 Å². The van der Waals surface area contributed by atoms with E-state index in [0.717, 1.165) is 13.1 Å². The van der Waals surface area contributed by atoms with E-state index in [2.05, 4.69) is 25.8 Å². The standard InChI is InChI=1S/C13H28N2/c1-4-15(3)12(11-14)13(2)9-7-5-6-8-10-13/h12H,4-11,14H2,1-3H3. The summed E-state index contributed by atoms with van der Waals surface area (Å²) in [6.45, 7) is 6.59. The molecule has 2 heteroatoms. The molecule has 2 N–H and O–H groups in total. The normalized spacial score (nSPS) is 23.8. The van der Waals surface area contributed by atoms with E-state index in [9.17, 15) is 0 Å². The van der Waals surface area contributed by atoms with Crippen LogP contribution in [0.2, 0.25) is 0 Å². The molecule has 0 heterocycles. The molecule has 1 rings (SSSR count). The Labute approximate surface area is 95.2 Å². The molecule has 1 saturated carbocycles. The van der Waals surface area contributed by atoms with Crippen molar-refractivity contribution in [2.75, 3.05) is 20.1 Å². The van der Waals surface area contributed by atoms with Gasteiger partial charge in [-0.25, -0.2) is 0 Å². The van der Waals surface area contributed by atoms with E-state index in [-0.39, 0.29) is 0 Å². The van der Waals surface area contributed by atoms with E-state index in [1.807, 2.05) is 0 Å². The van der Waals surface area contributed by atoms with Gasteiger partial charge in [-0.15, -0.1) is 0 Å². The third-order valence-electron chi connectivity index (χ3n) is 4.30. The predicted octanol–water partition coefficient (Wildman–Crippen LogP) is 2.63. The van der Waals surface area contributed by atoms with Crippen LogP contribution in [0.3, 0.4) is 0 Å². The summed E-state index contributed by atoms with van der Waals surface area (Å²) in [5.41, 5.74) is 6.43. The van der Waals surface area contributed by atoms with E-state index in [1.54, 1.807) is 0 Å². The van der Waals surface area contributed by atoms with Crippen LogP contribution in [-0.2, 0) is 0 Å². The van der Waals surface area contributed by atoms with Crippen molar-refractivity contribution in [2.45, 2.75) is 58.4 Å². The van der Waals surface area contributed by atoms with Crippen LogP contribution in [0.25, 0.3) is 0 Å². The molecule has 0 saturated heterocycles. The van der Waals surface area contributed by atoms with E-state index in [0.29, 0.717) is 11.5 Å². The maximum atomic E-state index is 5.97. The molecule has 2 nitrogen and oxygen atoms in total. The Balaban J connectivity index is 2.69. The van der Waals surface area contributed by atoms with Gasteiger partial charge in [-0.1, -0.05) is 39.5 Å². The van der Waals surface area contributed by atoms with Gasteiger partial charge in [-0.3, -0.25) is 0 Å². The molecule has 0 aromatic heterocycles. The Morgan fingerprint density at radius 2 is 1.73 bits per heavy atom. The van der Waals surface area contributed by atoms with Gasteiger partial charge in [0.25, 0.3) is 0 Å². The minimum Gasteiger partial charge on any atom is -0.329 e. The molecule has 0 bridgehead atoms. The number of nitrogens with zero attached hydrogens (tertiary/aromatic N) is 1. The lowest BCUT2D eigenvalue weighted by Crippen LogP contribution is -2.49. The highest BCUT2D eigenvalue weighted by Gasteiger charge is 2.35. The number of hydrogen-bond acceptors (Lipinski definition) is 2. The Hall–Kier alpha value is -0.0800. The first kappa shape index (κ1) is 13.0. The molecule has 0 radical (unpaired) electrons. The molecule has 15 heavy (non-hydrogen) atoms. The van der Waals surface area contributed by atoms with Gasteiger partial charge >= 0.3 is 0 Å². The second-order valence-corrected chi connectivity index (χ2v) is 5.39. The van der Waals surface area contributed by atoms with Crippen LogP contribution in [0.15, 0.2) is 0 Å². The van der Waals surface area contributed by atoms with Crippen molar-refractivity contribution >= 4 is 0 Å². The lowest BCUT2D eigenvalue weighted by Gasteiger charge is -2.41. The third kappa shape index (κ3) is 3.18. The third-order valence-corrected chi connectivity index (χ3v) is 4.30. The van der Waals surface area contributed by atoms with E-state index >= 15 is 0 Å². The largest absolute Gasteiger partial charge is 0.329 e. The van der Waals surface area contributed by atoms with Crippen molar-refractivity contribution in [3.05, 3.63) is 0 Å². The fourth-order valence-corrected chi connectivity index (χ4v) is 3.09. The first-order valence-electron chi connectivity index (χ1n) is 6.54. The molecule has 0 amide bonds. The van der Waals surface area contributed by atoms with Crippen LogP contribution in [0.4, 0.5) is 0 Å². The van der Waals surface area contributed by atoms with Crippen molar-refractivity contribution in [3.8, 4) is 0 Å². The molecule has 1 aliphatic carbocycles. The molecule has 1 aliphatic rings. The van der Waals surface area contributed by atoms with Gasteiger partial charge < -0.3 is 10.6 Å². The molecular weight excluding hydrogens is 184 g/mol. The van der Waals surface area contributed by atoms with Crippen molar-refractivity contribution < 1.29 is 0 Å². The maximum absolute atomic E-state index is 5.97. The first-order chi connectivity index (χ1) is 7.14. The summed E-state index contributed by atoms with van der Waals surface area (Å²) in [7, 11) is 2.22. The average molecular weight is 212 g/mol. The quantitative estimate of drug-likeness (QED) is 0.726. The fourth-order valence-electron chi connectivity index (χ4n) is 3.09. The van der Waals surface area contributed by atoms with Crippen LogP contribution in [0.5, 0.6) is 0 Å². The first-order valence-corrected chi connectivity index (χ1v) is 6.54. The molecule has 1 fully saturated rings. The van der Waals surface area contributed by atoms with Crippen molar-refractivity contribution in [3.63, 3.8) is 0 Å². The average Bonchev–Trinajstić information content (AvgIpc) is 2.44. The zero-order valence-corrected chi connectivity index (χ0v) is 10.8. The second-order valence-electron chi connectivity index (χ2n) is 5.39. The fraction of sp³-hybridized carbons (Fsp3) is 1.00. The second kappa shape index (κ2) is 5.86. The number of likely N-dealkylation sites (N-methyl/N-ethyl adjacent to an activating group) is 1. The zero-order chi connectivity index (χ0) is 11.3. The van der Waals surface area contributed by atoms with Gasteiger partial charge in [0, 0.05) is 12.6 Å². The summed E-state index contributed by atoms with van der Waals surface area (Å²) in [5.74, 6) is 0. The zero-order valence-electron chi connectivity index (χ0n) is 10.8. The summed E-state index contributed by atoms with van der Waals surface area (Å²) < 4.78 is 0. The smallest absolute Gasteiger partial charge is 0.0268 e. The van der Waals surface area contributed by atoms with E-state index in [1.165, 1.54) is 38.5 Å². The minimum atomic E-state index is 0.454. The Morgan fingerprint density at radius 3 is 2.13 bits per heavy atom. The van der Waals surface area contributed by atoms with Crippen molar-refractivity contribution in [2.24, 2.45) is 11.1 Å². The Kier molecular flexibility index (Phi) is 5.07. The van der Waals surface area contributed by atoms with Crippen LogP contribution in [0.1, 0.15) is 52.4 Å². The minimum absolute atomic E-state index is 0.454. The highest BCUT2D eigenvalue weighted by molar-refractivity contribution is 4.90. The van der Waals surface area contributed by atoms with E-state index in [4.69, 9.17) is 5.73 Å². The van der Waals surface area contributed by atoms with Crippen LogP contribution >= 0.6 is 0 Å². The van der Waals surface area contributed by atoms with Gasteiger partial charge in [0.2, 0.25) is 0 Å². The summed E-state index contributed by atoms with van der Waals surface area (Å²) in [6.07, 6.45) is 8.35. The SMILES string of the molecule is CCN(C)C(CN)C1(C)CCCCCC1. The number of rotatable bonds is 4. The van der Waals surface area contributed by atoms with Gasteiger partial charge in [-0.2, -0.15) is 0 Å².